The van der Waals surface area contributed by atoms with Crippen LogP contribution in [0.4, 0.5) is 0 Å². The lowest BCUT2D eigenvalue weighted by Crippen LogP contribution is -2.27. The molecule has 3 rings (SSSR count). The van der Waals surface area contributed by atoms with E-state index < -0.39 is 0 Å². The second-order valence-electron chi connectivity index (χ2n) is 8.98. The number of benzene rings is 1. The first-order valence-corrected chi connectivity index (χ1v) is 9.87. The molecule has 0 saturated heterocycles. The van der Waals surface area contributed by atoms with E-state index in [0.29, 0.717) is 24.2 Å². The van der Waals surface area contributed by atoms with Gasteiger partial charge in [0.2, 0.25) is 0 Å². The summed E-state index contributed by atoms with van der Waals surface area (Å²) in [5.74, 6) is 1.80. The van der Waals surface area contributed by atoms with E-state index in [4.69, 9.17) is 0 Å². The summed E-state index contributed by atoms with van der Waals surface area (Å²) in [6, 6.07) is 8.53. The number of carbonyl (C=O) groups is 2. The number of hydrogen-bond donors (Lipinski definition) is 0. The molecular weight excluding hydrogens is 308 g/mol. The highest BCUT2D eigenvalue weighted by atomic mass is 16.1. The average Bonchev–Trinajstić information content (AvgIpc) is 2.93. The molecule has 1 aromatic carbocycles. The molecular formula is C23H32O2. The Balaban J connectivity index is 1.66. The number of Topliss-reactive ketones (excluding diaryl/α,β-unsaturated/α-hetero) is 2. The Morgan fingerprint density at radius 3 is 2.16 bits per heavy atom. The van der Waals surface area contributed by atoms with E-state index in [9.17, 15) is 9.59 Å². The third-order valence-corrected chi connectivity index (χ3v) is 7.25. The van der Waals surface area contributed by atoms with Gasteiger partial charge in [-0.25, -0.2) is 0 Å². The van der Waals surface area contributed by atoms with Crippen LogP contribution in [-0.4, -0.2) is 11.6 Å². The van der Waals surface area contributed by atoms with Crippen molar-refractivity contribution in [2.75, 3.05) is 0 Å². The van der Waals surface area contributed by atoms with E-state index in [0.717, 1.165) is 19.3 Å². The van der Waals surface area contributed by atoms with Crippen molar-refractivity contribution in [3.63, 3.8) is 0 Å². The van der Waals surface area contributed by atoms with Crippen molar-refractivity contribution in [3.05, 3.63) is 35.4 Å². The molecule has 136 valence electrons. The van der Waals surface area contributed by atoms with Gasteiger partial charge in [-0.05, 0) is 54.1 Å². The number of ketones is 2. The van der Waals surface area contributed by atoms with Crippen LogP contribution in [0.3, 0.4) is 0 Å². The van der Waals surface area contributed by atoms with Crippen LogP contribution in [0.25, 0.3) is 0 Å². The second kappa shape index (κ2) is 6.70. The number of fused-ring (bicyclic) bond motifs is 1. The fourth-order valence-electron chi connectivity index (χ4n) is 5.50. The second-order valence-corrected chi connectivity index (χ2v) is 8.98. The van der Waals surface area contributed by atoms with Crippen molar-refractivity contribution in [2.45, 2.75) is 60.3 Å². The predicted molar refractivity (Wildman–Crippen MR) is 101 cm³/mol. The topological polar surface area (TPSA) is 34.1 Å². The molecule has 0 radical (unpaired) electrons. The van der Waals surface area contributed by atoms with Crippen molar-refractivity contribution in [1.82, 2.24) is 0 Å². The van der Waals surface area contributed by atoms with Crippen molar-refractivity contribution in [1.29, 1.82) is 0 Å². The highest BCUT2D eigenvalue weighted by molar-refractivity contribution is 5.88. The Morgan fingerprint density at radius 2 is 1.72 bits per heavy atom. The van der Waals surface area contributed by atoms with Gasteiger partial charge in [-0.3, -0.25) is 9.59 Å². The molecule has 0 aromatic heterocycles. The molecule has 0 heterocycles. The van der Waals surface area contributed by atoms with Gasteiger partial charge in [0, 0.05) is 18.3 Å². The summed E-state index contributed by atoms with van der Waals surface area (Å²) in [5.41, 5.74) is 2.99. The molecule has 0 aliphatic heterocycles. The van der Waals surface area contributed by atoms with Gasteiger partial charge in [-0.15, -0.1) is 0 Å². The quantitative estimate of drug-likeness (QED) is 0.708. The highest BCUT2D eigenvalue weighted by Crippen LogP contribution is 2.64. The van der Waals surface area contributed by atoms with Gasteiger partial charge in [0.1, 0.15) is 11.6 Å². The molecule has 25 heavy (non-hydrogen) atoms. The van der Waals surface area contributed by atoms with E-state index in [1.165, 1.54) is 11.1 Å². The molecule has 2 aliphatic carbocycles. The maximum atomic E-state index is 13.0. The summed E-state index contributed by atoms with van der Waals surface area (Å²) in [6.07, 6.45) is 3.54. The smallest absolute Gasteiger partial charge is 0.136 e. The Morgan fingerprint density at radius 1 is 1.16 bits per heavy atom. The molecule has 2 nitrogen and oxygen atoms in total. The zero-order chi connectivity index (χ0) is 18.4. The molecule has 0 N–H and O–H groups in total. The van der Waals surface area contributed by atoms with Crippen molar-refractivity contribution in [2.24, 2.45) is 35.0 Å². The SMILES string of the molecule is CCC1C(C(CC(=O)C(C)C2Cc3ccccc3C2)C(C)=O)C1(C)C. The lowest BCUT2D eigenvalue weighted by molar-refractivity contribution is -0.130. The maximum absolute atomic E-state index is 13.0. The molecule has 2 aliphatic rings. The number of hydrogen-bond acceptors (Lipinski definition) is 2. The van der Waals surface area contributed by atoms with Crippen molar-refractivity contribution < 1.29 is 9.59 Å². The summed E-state index contributed by atoms with van der Waals surface area (Å²) in [7, 11) is 0. The minimum atomic E-state index is -0.0846. The van der Waals surface area contributed by atoms with Crippen LogP contribution in [0, 0.1) is 35.0 Å². The normalized spacial score (nSPS) is 26.8. The van der Waals surface area contributed by atoms with Gasteiger partial charge in [0.05, 0.1) is 0 Å². The Labute approximate surface area is 152 Å². The van der Waals surface area contributed by atoms with Crippen LogP contribution in [0.2, 0.25) is 0 Å². The third kappa shape index (κ3) is 3.32. The molecule has 0 amide bonds. The number of carbonyl (C=O) groups excluding carboxylic acids is 2. The lowest BCUT2D eigenvalue weighted by atomic mass is 9.81. The molecule has 1 fully saturated rings. The highest BCUT2D eigenvalue weighted by Gasteiger charge is 2.60. The first-order valence-electron chi connectivity index (χ1n) is 9.87. The van der Waals surface area contributed by atoms with E-state index >= 15 is 0 Å². The Hall–Kier alpha value is -1.44. The fourth-order valence-corrected chi connectivity index (χ4v) is 5.50. The van der Waals surface area contributed by atoms with Crippen LogP contribution >= 0.6 is 0 Å². The number of rotatable bonds is 7. The van der Waals surface area contributed by atoms with Crippen LogP contribution in [-0.2, 0) is 22.4 Å². The Kier molecular flexibility index (Phi) is 4.92. The fraction of sp³-hybridized carbons (Fsp3) is 0.652. The van der Waals surface area contributed by atoms with Gasteiger partial charge < -0.3 is 0 Å². The van der Waals surface area contributed by atoms with E-state index in [1.807, 2.05) is 0 Å². The third-order valence-electron chi connectivity index (χ3n) is 7.25. The molecule has 0 spiro atoms. The summed E-state index contributed by atoms with van der Waals surface area (Å²) in [5, 5.41) is 0. The molecule has 2 heteroatoms. The first kappa shape index (κ1) is 18.4. The summed E-state index contributed by atoms with van der Waals surface area (Å²) >= 11 is 0. The molecule has 1 saturated carbocycles. The average molecular weight is 341 g/mol. The van der Waals surface area contributed by atoms with Crippen LogP contribution in [0.15, 0.2) is 24.3 Å². The van der Waals surface area contributed by atoms with Crippen LogP contribution in [0.1, 0.15) is 58.6 Å². The van der Waals surface area contributed by atoms with Crippen LogP contribution < -0.4 is 0 Å². The van der Waals surface area contributed by atoms with Crippen molar-refractivity contribution in [3.8, 4) is 0 Å². The molecule has 4 unspecified atom stereocenters. The van der Waals surface area contributed by atoms with Gasteiger partial charge in [0.15, 0.2) is 0 Å². The van der Waals surface area contributed by atoms with E-state index in [-0.39, 0.29) is 28.8 Å². The monoisotopic (exact) mass is 340 g/mol. The van der Waals surface area contributed by atoms with E-state index in [1.54, 1.807) is 6.92 Å². The zero-order valence-corrected chi connectivity index (χ0v) is 16.3. The van der Waals surface area contributed by atoms with E-state index in [2.05, 4.69) is 52.0 Å². The van der Waals surface area contributed by atoms with Gasteiger partial charge >= 0.3 is 0 Å². The molecule has 0 bridgehead atoms. The molecule has 1 aromatic rings. The minimum Gasteiger partial charge on any atom is -0.300 e. The van der Waals surface area contributed by atoms with Gasteiger partial charge in [0.25, 0.3) is 0 Å². The van der Waals surface area contributed by atoms with Gasteiger partial charge in [-0.1, -0.05) is 58.4 Å². The van der Waals surface area contributed by atoms with Crippen LogP contribution in [0.5, 0.6) is 0 Å². The summed E-state index contributed by atoms with van der Waals surface area (Å²) in [4.78, 5) is 25.3. The van der Waals surface area contributed by atoms with Gasteiger partial charge in [-0.2, -0.15) is 0 Å². The largest absolute Gasteiger partial charge is 0.300 e. The zero-order valence-electron chi connectivity index (χ0n) is 16.3. The van der Waals surface area contributed by atoms with Crippen molar-refractivity contribution >= 4 is 11.6 Å². The standard InChI is InChI=1S/C23H32O2/c1-6-20-22(23(20,4)5)19(15(3)24)13-21(25)14(2)18-11-16-9-7-8-10-17(16)12-18/h7-10,14,18-20,22H,6,11-13H2,1-5H3. The minimum absolute atomic E-state index is 0.0381. The first-order chi connectivity index (χ1) is 11.8. The Bertz CT molecular complexity index is 647. The molecule has 4 atom stereocenters. The lowest BCUT2D eigenvalue weighted by Gasteiger charge is -2.21. The summed E-state index contributed by atoms with van der Waals surface area (Å²) in [6.45, 7) is 10.5. The summed E-state index contributed by atoms with van der Waals surface area (Å²) < 4.78 is 0. The predicted octanol–water partition coefficient (Wildman–Crippen LogP) is 4.88. The maximum Gasteiger partial charge on any atom is 0.136 e.